The molecule has 0 spiro atoms. The Hall–Kier alpha value is 0.01000. The average Bonchev–Trinajstić information content (AvgIpc) is 2.49. The van der Waals surface area contributed by atoms with Gasteiger partial charge in [0.2, 0.25) is 0 Å². The number of rotatable bonds is 5. The smallest absolute Gasteiger partial charge is 0.0570 e. The Morgan fingerprint density at radius 3 is 2.85 bits per heavy atom. The second-order valence-corrected chi connectivity index (χ2v) is 4.97. The Labute approximate surface area is 89.2 Å². The van der Waals surface area contributed by atoms with Gasteiger partial charge in [-0.2, -0.15) is 0 Å². The third kappa shape index (κ3) is 4.16. The molecule has 0 radical (unpaired) electrons. The normalized spacial score (nSPS) is 13.2. The van der Waals surface area contributed by atoms with E-state index in [1.807, 2.05) is 0 Å². The van der Waals surface area contributed by atoms with Gasteiger partial charge in [-0.3, -0.25) is 0 Å². The van der Waals surface area contributed by atoms with Gasteiger partial charge in [-0.1, -0.05) is 13.3 Å². The lowest BCUT2D eigenvalue weighted by Crippen LogP contribution is -2.06. The van der Waals surface area contributed by atoms with Crippen molar-refractivity contribution >= 4 is 24.0 Å². The van der Waals surface area contributed by atoms with Gasteiger partial charge in [-0.05, 0) is 36.3 Å². The minimum Gasteiger partial charge on any atom is -0.393 e. The fraction of sp³-hybridized carbons (Fsp3) is 0.600. The van der Waals surface area contributed by atoms with Crippen molar-refractivity contribution in [3.05, 3.63) is 17.0 Å². The molecule has 0 saturated carbocycles. The van der Waals surface area contributed by atoms with Crippen LogP contribution in [0.5, 0.6) is 0 Å². The van der Waals surface area contributed by atoms with E-state index >= 15 is 0 Å². The van der Waals surface area contributed by atoms with Crippen LogP contribution in [0.2, 0.25) is 0 Å². The maximum Gasteiger partial charge on any atom is 0.0570 e. The van der Waals surface area contributed by atoms with E-state index in [0.717, 1.165) is 29.9 Å². The largest absolute Gasteiger partial charge is 0.393 e. The predicted octanol–water partition coefficient (Wildman–Crippen LogP) is 3.13. The monoisotopic (exact) mass is 216 g/mol. The minimum atomic E-state index is -0.131. The molecule has 0 amide bonds. The van der Waals surface area contributed by atoms with E-state index in [1.54, 1.807) is 11.3 Å². The molecular weight excluding hydrogens is 200 g/mol. The average molecular weight is 216 g/mol. The van der Waals surface area contributed by atoms with E-state index in [2.05, 4.69) is 31.0 Å². The van der Waals surface area contributed by atoms with E-state index in [9.17, 15) is 5.11 Å². The van der Waals surface area contributed by atoms with Crippen LogP contribution in [-0.2, 0) is 6.42 Å². The molecule has 3 heteroatoms. The second kappa shape index (κ2) is 5.68. The van der Waals surface area contributed by atoms with E-state index in [4.69, 9.17) is 0 Å². The SMILES string of the molecule is CCCC(O)CCc1csc(S)c1. The first-order chi connectivity index (χ1) is 6.22. The molecule has 1 N–H and O–H groups in total. The van der Waals surface area contributed by atoms with E-state index in [0.29, 0.717) is 0 Å². The van der Waals surface area contributed by atoms with Crippen molar-refractivity contribution in [1.82, 2.24) is 0 Å². The van der Waals surface area contributed by atoms with Crippen LogP contribution < -0.4 is 0 Å². The molecule has 13 heavy (non-hydrogen) atoms. The van der Waals surface area contributed by atoms with Gasteiger partial charge in [0.1, 0.15) is 0 Å². The predicted molar refractivity (Wildman–Crippen MR) is 60.8 cm³/mol. The lowest BCUT2D eigenvalue weighted by molar-refractivity contribution is 0.154. The molecule has 0 bridgehead atoms. The topological polar surface area (TPSA) is 20.2 Å². The van der Waals surface area contributed by atoms with Gasteiger partial charge in [-0.15, -0.1) is 24.0 Å². The summed E-state index contributed by atoms with van der Waals surface area (Å²) in [7, 11) is 0. The summed E-state index contributed by atoms with van der Waals surface area (Å²) in [5.74, 6) is 0. The zero-order valence-corrected chi connectivity index (χ0v) is 9.57. The number of aliphatic hydroxyl groups is 1. The summed E-state index contributed by atoms with van der Waals surface area (Å²) in [6.45, 7) is 2.10. The number of aryl methyl sites for hydroxylation is 1. The molecule has 0 aliphatic rings. The Kier molecular flexibility index (Phi) is 4.84. The van der Waals surface area contributed by atoms with Crippen molar-refractivity contribution in [3.8, 4) is 0 Å². The number of thiophene rings is 1. The fourth-order valence-electron chi connectivity index (χ4n) is 1.30. The molecule has 1 unspecified atom stereocenters. The number of hydrogen-bond acceptors (Lipinski definition) is 3. The summed E-state index contributed by atoms with van der Waals surface area (Å²) >= 11 is 5.90. The highest BCUT2D eigenvalue weighted by molar-refractivity contribution is 7.82. The third-order valence-electron chi connectivity index (χ3n) is 2.03. The van der Waals surface area contributed by atoms with Gasteiger partial charge in [0.15, 0.2) is 0 Å². The van der Waals surface area contributed by atoms with Crippen molar-refractivity contribution in [1.29, 1.82) is 0 Å². The van der Waals surface area contributed by atoms with Gasteiger partial charge in [0.25, 0.3) is 0 Å². The molecule has 0 aliphatic carbocycles. The molecule has 0 aromatic carbocycles. The van der Waals surface area contributed by atoms with Crippen LogP contribution >= 0.6 is 24.0 Å². The van der Waals surface area contributed by atoms with Crippen LogP contribution in [0.25, 0.3) is 0 Å². The Bertz CT molecular complexity index is 245. The summed E-state index contributed by atoms with van der Waals surface area (Å²) in [5, 5.41) is 11.6. The van der Waals surface area contributed by atoms with Crippen molar-refractivity contribution in [2.75, 3.05) is 0 Å². The Balaban J connectivity index is 2.26. The molecule has 74 valence electrons. The van der Waals surface area contributed by atoms with Gasteiger partial charge >= 0.3 is 0 Å². The quantitative estimate of drug-likeness (QED) is 0.725. The summed E-state index contributed by atoms with van der Waals surface area (Å²) in [5.41, 5.74) is 1.30. The van der Waals surface area contributed by atoms with Crippen molar-refractivity contribution in [2.24, 2.45) is 0 Å². The highest BCUT2D eigenvalue weighted by atomic mass is 32.2. The zero-order chi connectivity index (χ0) is 9.68. The van der Waals surface area contributed by atoms with Crippen LogP contribution in [0.15, 0.2) is 15.7 Å². The van der Waals surface area contributed by atoms with E-state index in [-0.39, 0.29) is 6.10 Å². The number of hydrogen-bond donors (Lipinski definition) is 2. The number of thiol groups is 1. The molecule has 0 fully saturated rings. The highest BCUT2D eigenvalue weighted by Crippen LogP contribution is 2.20. The molecule has 1 rings (SSSR count). The van der Waals surface area contributed by atoms with Crippen LogP contribution in [0, 0.1) is 0 Å². The third-order valence-corrected chi connectivity index (χ3v) is 3.25. The molecule has 1 aromatic heterocycles. The summed E-state index contributed by atoms with van der Waals surface area (Å²) < 4.78 is 1.06. The number of aliphatic hydroxyl groups excluding tert-OH is 1. The van der Waals surface area contributed by atoms with Gasteiger partial charge < -0.3 is 5.11 Å². The van der Waals surface area contributed by atoms with Gasteiger partial charge in [-0.25, -0.2) is 0 Å². The van der Waals surface area contributed by atoms with Crippen LogP contribution in [0.3, 0.4) is 0 Å². The fourth-order valence-corrected chi connectivity index (χ4v) is 2.31. The lowest BCUT2D eigenvalue weighted by atomic mass is 10.1. The standard InChI is InChI=1S/C10H16OS2/c1-2-3-9(11)5-4-8-6-10(12)13-7-8/h6-7,9,11-12H,2-5H2,1H3. The molecule has 0 saturated heterocycles. The highest BCUT2D eigenvalue weighted by Gasteiger charge is 2.03. The molecule has 1 nitrogen and oxygen atoms in total. The Morgan fingerprint density at radius 1 is 1.54 bits per heavy atom. The Morgan fingerprint density at radius 2 is 2.31 bits per heavy atom. The first-order valence-electron chi connectivity index (χ1n) is 4.66. The zero-order valence-electron chi connectivity index (χ0n) is 7.86. The molecule has 1 heterocycles. The minimum absolute atomic E-state index is 0.131. The maximum atomic E-state index is 9.50. The van der Waals surface area contributed by atoms with E-state index in [1.165, 1.54) is 5.56 Å². The summed E-state index contributed by atoms with van der Waals surface area (Å²) in [6, 6.07) is 2.08. The maximum absolute atomic E-state index is 9.50. The molecule has 1 aromatic rings. The molecule has 1 atom stereocenters. The van der Waals surface area contributed by atoms with E-state index < -0.39 is 0 Å². The van der Waals surface area contributed by atoms with Crippen LogP contribution in [0.4, 0.5) is 0 Å². The van der Waals surface area contributed by atoms with Crippen LogP contribution in [0.1, 0.15) is 31.7 Å². The summed E-state index contributed by atoms with van der Waals surface area (Å²) in [4.78, 5) is 0. The van der Waals surface area contributed by atoms with Gasteiger partial charge in [0, 0.05) is 0 Å². The van der Waals surface area contributed by atoms with Crippen LogP contribution in [-0.4, -0.2) is 11.2 Å². The summed E-state index contributed by atoms with van der Waals surface area (Å²) in [6.07, 6.45) is 3.68. The van der Waals surface area contributed by atoms with Crippen molar-refractivity contribution in [3.63, 3.8) is 0 Å². The lowest BCUT2D eigenvalue weighted by Gasteiger charge is -2.07. The van der Waals surface area contributed by atoms with Gasteiger partial charge in [0.05, 0.1) is 10.3 Å². The van der Waals surface area contributed by atoms with Crippen molar-refractivity contribution < 1.29 is 5.11 Å². The van der Waals surface area contributed by atoms with Crippen molar-refractivity contribution in [2.45, 2.75) is 42.9 Å². The molecular formula is C10H16OS2. The second-order valence-electron chi connectivity index (χ2n) is 3.27. The first kappa shape index (κ1) is 11.1. The first-order valence-corrected chi connectivity index (χ1v) is 5.99. The molecule has 0 aliphatic heterocycles.